The highest BCUT2D eigenvalue weighted by molar-refractivity contribution is 6.01. The Morgan fingerprint density at radius 3 is 2.71 bits per heavy atom. The third kappa shape index (κ3) is 2.28. The molecule has 1 aliphatic heterocycles. The highest BCUT2D eigenvalue weighted by atomic mass is 19.1. The fourth-order valence-electron chi connectivity index (χ4n) is 7.84. The normalized spacial score (nSPS) is 55.2. The molecule has 1 heterocycles. The molecule has 5 aliphatic rings. The largest absolute Gasteiger partial charge is 0.390 e. The predicted molar refractivity (Wildman–Crippen MR) is 108 cm³/mol. The zero-order valence-electron chi connectivity index (χ0n) is 18.2. The first-order valence-electron chi connectivity index (χ1n) is 11.0. The highest BCUT2D eigenvalue weighted by Gasteiger charge is 2.80. The van der Waals surface area contributed by atoms with Crippen LogP contribution in [-0.2, 0) is 19.1 Å². The molecule has 5 rings (SSSR count). The summed E-state index contributed by atoms with van der Waals surface area (Å²) in [4.78, 5) is 25.1. The lowest BCUT2D eigenvalue weighted by molar-refractivity contribution is -0.240. The molecule has 2 N–H and O–H groups in total. The molecule has 0 aromatic rings. The van der Waals surface area contributed by atoms with Crippen molar-refractivity contribution >= 4 is 11.6 Å². The maximum Gasteiger partial charge on any atom is 0.313 e. The van der Waals surface area contributed by atoms with E-state index in [1.165, 1.54) is 12.2 Å². The molecule has 31 heavy (non-hydrogen) atoms. The number of ketones is 2. The van der Waals surface area contributed by atoms with E-state index in [1.54, 1.807) is 19.9 Å². The van der Waals surface area contributed by atoms with Crippen molar-refractivity contribution in [1.82, 2.24) is 0 Å². The lowest BCUT2D eigenvalue weighted by Crippen LogP contribution is -2.70. The molecular formula is C24H30FO6+. The number of Topliss-reactive ketones (excluding diaryl/α,β-unsaturated/α-hetero) is 1. The predicted octanol–water partition coefficient (Wildman–Crippen LogP) is 2.23. The van der Waals surface area contributed by atoms with Gasteiger partial charge in [0, 0.05) is 23.7 Å². The quantitative estimate of drug-likeness (QED) is 0.649. The molecular weight excluding hydrogens is 403 g/mol. The molecule has 168 valence electrons. The van der Waals surface area contributed by atoms with E-state index in [9.17, 15) is 19.8 Å². The van der Waals surface area contributed by atoms with Gasteiger partial charge >= 0.3 is 5.79 Å². The van der Waals surface area contributed by atoms with Crippen molar-refractivity contribution in [3.8, 4) is 0 Å². The molecule has 1 saturated heterocycles. The summed E-state index contributed by atoms with van der Waals surface area (Å²) in [6.45, 7) is 8.41. The number of allylic oxidation sites excluding steroid dienone is 4. The van der Waals surface area contributed by atoms with Gasteiger partial charge in [-0.05, 0) is 50.7 Å². The van der Waals surface area contributed by atoms with Crippen LogP contribution in [0.3, 0.4) is 0 Å². The number of aliphatic hydroxyl groups excluding tert-OH is 2. The highest BCUT2D eigenvalue weighted by Crippen LogP contribution is 2.72. The Hall–Kier alpha value is -1.54. The zero-order valence-corrected chi connectivity index (χ0v) is 18.2. The summed E-state index contributed by atoms with van der Waals surface area (Å²) >= 11 is 0. The lowest BCUT2D eigenvalue weighted by atomic mass is 9.44. The minimum absolute atomic E-state index is 0.0169. The number of carbonyl (C=O) groups is 2. The number of hydrogen-bond donors (Lipinski definition) is 2. The molecule has 0 spiro atoms. The summed E-state index contributed by atoms with van der Waals surface area (Å²) in [5.41, 5.74) is -4.80. The van der Waals surface area contributed by atoms with Gasteiger partial charge in [-0.15, -0.1) is 0 Å². The van der Waals surface area contributed by atoms with Gasteiger partial charge in [0.15, 0.2) is 22.8 Å². The van der Waals surface area contributed by atoms with E-state index in [2.05, 4.69) is 6.92 Å². The van der Waals surface area contributed by atoms with E-state index in [-0.39, 0.29) is 18.1 Å². The van der Waals surface area contributed by atoms with Crippen molar-refractivity contribution in [3.05, 3.63) is 30.7 Å². The maximum atomic E-state index is 17.1. The summed E-state index contributed by atoms with van der Waals surface area (Å²) in [5.74, 6) is -2.80. The molecule has 4 aliphatic carbocycles. The van der Waals surface area contributed by atoms with E-state index in [0.717, 1.165) is 0 Å². The molecule has 0 aromatic heterocycles. The Morgan fingerprint density at radius 2 is 2.03 bits per heavy atom. The second kappa shape index (κ2) is 6.07. The van der Waals surface area contributed by atoms with Gasteiger partial charge in [0.25, 0.3) is 0 Å². The van der Waals surface area contributed by atoms with Crippen molar-refractivity contribution in [1.29, 1.82) is 0 Å². The van der Waals surface area contributed by atoms with Gasteiger partial charge in [-0.3, -0.25) is 14.3 Å². The number of halogens is 1. The molecule has 0 amide bonds. The fraction of sp³-hybridized carbons (Fsp3) is 0.708. The molecule has 9 atom stereocenters. The van der Waals surface area contributed by atoms with Gasteiger partial charge in [0.1, 0.15) is 19.6 Å². The standard InChI is InChI=1S/C24H30FO6/c1-20(2)30-19-10-16-15-6-5-13-9-14(27)7-8-21(13,3)23(15,25)17(28)11-22(16,4)24(19,31-20)18(29)12-26/h7-9,15-17,19,26,28H,1,5-6,10-12H2,2-4H3/q+1/t15-,16-,17-,19+,20?,21-,22-,23-,24+/m0/s1. The third-order valence-electron chi connectivity index (χ3n) is 9.13. The number of hydrogen-bond acceptors (Lipinski definition) is 6. The summed E-state index contributed by atoms with van der Waals surface area (Å²) in [6.07, 6.45) is 3.79. The molecule has 6 nitrogen and oxygen atoms in total. The molecule has 0 radical (unpaired) electrons. The monoisotopic (exact) mass is 433 g/mol. The van der Waals surface area contributed by atoms with Crippen LogP contribution in [0.15, 0.2) is 23.8 Å². The number of fused-ring (bicyclic) bond motifs is 7. The molecule has 1 unspecified atom stereocenters. The Morgan fingerprint density at radius 1 is 1.32 bits per heavy atom. The maximum absolute atomic E-state index is 17.1. The van der Waals surface area contributed by atoms with Crippen molar-refractivity contribution < 1.29 is 33.7 Å². The van der Waals surface area contributed by atoms with Gasteiger partial charge < -0.3 is 14.9 Å². The van der Waals surface area contributed by atoms with Crippen molar-refractivity contribution in [2.45, 2.75) is 75.7 Å². The minimum atomic E-state index is -1.99. The van der Waals surface area contributed by atoms with Gasteiger partial charge in [-0.2, -0.15) is 0 Å². The van der Waals surface area contributed by atoms with Crippen molar-refractivity contribution in [3.63, 3.8) is 0 Å². The Kier molecular flexibility index (Phi) is 4.17. The minimum Gasteiger partial charge on any atom is -0.390 e. The Labute approximate surface area is 181 Å². The second-order valence-corrected chi connectivity index (χ2v) is 10.7. The Bertz CT molecular complexity index is 925. The van der Waals surface area contributed by atoms with Gasteiger partial charge in [0.05, 0.1) is 6.10 Å². The van der Waals surface area contributed by atoms with Gasteiger partial charge in [-0.25, -0.2) is 4.39 Å². The Balaban J connectivity index is 1.64. The van der Waals surface area contributed by atoms with Crippen LogP contribution in [0.25, 0.3) is 0 Å². The first kappa shape index (κ1) is 21.3. The second-order valence-electron chi connectivity index (χ2n) is 10.7. The average molecular weight is 433 g/mol. The van der Waals surface area contributed by atoms with Crippen molar-refractivity contribution in [2.75, 3.05) is 6.61 Å². The van der Waals surface area contributed by atoms with E-state index >= 15 is 4.39 Å². The molecule has 0 bridgehead atoms. The molecule has 4 fully saturated rings. The van der Waals surface area contributed by atoms with E-state index in [4.69, 9.17) is 9.47 Å². The fourth-order valence-corrected chi connectivity index (χ4v) is 7.84. The van der Waals surface area contributed by atoms with Gasteiger partial charge in [0.2, 0.25) is 0 Å². The first-order chi connectivity index (χ1) is 14.4. The van der Waals surface area contributed by atoms with Crippen LogP contribution in [0, 0.1) is 29.6 Å². The van der Waals surface area contributed by atoms with E-state index in [1.807, 2.05) is 6.92 Å². The van der Waals surface area contributed by atoms with Crippen molar-refractivity contribution in [2.24, 2.45) is 22.7 Å². The number of carbonyl (C=O) groups excluding carboxylic acids is 2. The summed E-state index contributed by atoms with van der Waals surface area (Å²) in [5, 5.41) is 21.1. The van der Waals surface area contributed by atoms with Crippen LogP contribution in [0.5, 0.6) is 0 Å². The third-order valence-corrected chi connectivity index (χ3v) is 9.13. The summed E-state index contributed by atoms with van der Waals surface area (Å²) in [7, 11) is 0. The average Bonchev–Trinajstić information content (AvgIpc) is 3.09. The van der Waals surface area contributed by atoms with Crippen LogP contribution in [0.1, 0.15) is 46.5 Å². The van der Waals surface area contributed by atoms with Crippen LogP contribution in [0.2, 0.25) is 0 Å². The number of aliphatic hydroxyl groups is 2. The van der Waals surface area contributed by atoms with Crippen LogP contribution >= 0.6 is 0 Å². The molecule has 0 aromatic carbocycles. The van der Waals surface area contributed by atoms with E-state index in [0.29, 0.717) is 24.8 Å². The number of alkyl halides is 1. The van der Waals surface area contributed by atoms with E-state index < -0.39 is 58.4 Å². The lowest BCUT2D eigenvalue weighted by Gasteiger charge is -2.62. The number of ether oxygens (including phenoxy) is 2. The van der Waals surface area contributed by atoms with Crippen LogP contribution in [-0.4, -0.2) is 57.7 Å². The van der Waals surface area contributed by atoms with Crippen LogP contribution < -0.4 is 0 Å². The topological polar surface area (TPSA) is 93.1 Å². The SMILES string of the molecule is [CH2+]C1(C)O[C@@H]2C[C@H]3[C@@H]4CCC5=CC(=O)C=C[C@]5(C)[C@@]4(F)[C@@H](O)C[C@]3(C)[C@]2(C(=O)CO)O1. The molecule has 7 heteroatoms. The van der Waals surface area contributed by atoms with Gasteiger partial charge in [-0.1, -0.05) is 18.6 Å². The number of rotatable bonds is 2. The van der Waals surface area contributed by atoms with Crippen LogP contribution in [0.4, 0.5) is 4.39 Å². The molecule has 3 saturated carbocycles. The summed E-state index contributed by atoms with van der Waals surface area (Å²) < 4.78 is 29.3. The first-order valence-corrected chi connectivity index (χ1v) is 11.0. The zero-order chi connectivity index (χ0) is 22.6. The summed E-state index contributed by atoms with van der Waals surface area (Å²) in [6, 6.07) is 0. The smallest absolute Gasteiger partial charge is 0.313 e.